The Kier molecular flexibility index (Phi) is 6.60. The Morgan fingerprint density at radius 1 is 1.26 bits per heavy atom. The molecule has 5 nitrogen and oxygen atoms in total. The number of nitrogens with one attached hydrogen (secondary N) is 1. The van der Waals surface area contributed by atoms with E-state index in [9.17, 15) is 9.59 Å². The predicted octanol–water partition coefficient (Wildman–Crippen LogP) is 1.10. The van der Waals surface area contributed by atoms with Crippen LogP contribution in [-0.2, 0) is 16.1 Å². The minimum atomic E-state index is -1.02. The number of carbonyl (C=O) groups excluding carboxylic acids is 1. The van der Waals surface area contributed by atoms with Crippen molar-refractivity contribution in [2.24, 2.45) is 0 Å². The van der Waals surface area contributed by atoms with Crippen LogP contribution in [0.25, 0.3) is 0 Å². The average molecular weight is 264 g/mol. The Morgan fingerprint density at radius 3 is 2.58 bits per heavy atom. The third-order valence-corrected chi connectivity index (χ3v) is 2.68. The van der Waals surface area contributed by atoms with Gasteiger partial charge in [0.25, 0.3) is 0 Å². The summed E-state index contributed by atoms with van der Waals surface area (Å²) in [4.78, 5) is 23.7. The van der Waals surface area contributed by atoms with Crippen LogP contribution >= 0.6 is 0 Å². The molecule has 0 atom stereocenters. The molecule has 0 fully saturated rings. The summed E-state index contributed by atoms with van der Waals surface area (Å²) >= 11 is 0. The van der Waals surface area contributed by atoms with Crippen molar-refractivity contribution < 1.29 is 14.7 Å². The second-order valence-electron chi connectivity index (χ2n) is 4.50. The molecule has 0 aliphatic carbocycles. The number of hydrogen-bond donors (Lipinski definition) is 2. The van der Waals surface area contributed by atoms with Crippen LogP contribution in [0, 0.1) is 0 Å². The van der Waals surface area contributed by atoms with Crippen LogP contribution in [0.2, 0.25) is 0 Å². The molecule has 1 amide bonds. The van der Waals surface area contributed by atoms with Gasteiger partial charge in [-0.25, -0.2) is 0 Å². The summed E-state index contributed by atoms with van der Waals surface area (Å²) in [6.45, 7) is 1.34. The first-order valence-electron chi connectivity index (χ1n) is 6.29. The first kappa shape index (κ1) is 15.2. The molecule has 0 aliphatic heterocycles. The van der Waals surface area contributed by atoms with Crippen molar-refractivity contribution in [3.8, 4) is 0 Å². The zero-order valence-electron chi connectivity index (χ0n) is 11.1. The SMILES string of the molecule is CN(CCCC(=O)NCC(=O)O)Cc1ccccc1. The lowest BCUT2D eigenvalue weighted by Crippen LogP contribution is -2.30. The van der Waals surface area contributed by atoms with Crippen molar-refractivity contribution in [2.75, 3.05) is 20.1 Å². The zero-order chi connectivity index (χ0) is 14.1. The van der Waals surface area contributed by atoms with Crippen LogP contribution in [0.1, 0.15) is 18.4 Å². The summed E-state index contributed by atoms with van der Waals surface area (Å²) in [7, 11) is 2.00. The lowest BCUT2D eigenvalue weighted by Gasteiger charge is -2.16. The quantitative estimate of drug-likeness (QED) is 0.737. The van der Waals surface area contributed by atoms with Gasteiger partial charge in [-0.1, -0.05) is 30.3 Å². The van der Waals surface area contributed by atoms with Crippen LogP contribution in [0.15, 0.2) is 30.3 Å². The van der Waals surface area contributed by atoms with Gasteiger partial charge < -0.3 is 15.3 Å². The number of benzene rings is 1. The van der Waals surface area contributed by atoms with Crippen molar-refractivity contribution in [3.05, 3.63) is 35.9 Å². The molecule has 0 bridgehead atoms. The third-order valence-electron chi connectivity index (χ3n) is 2.68. The van der Waals surface area contributed by atoms with Crippen molar-refractivity contribution in [2.45, 2.75) is 19.4 Å². The van der Waals surface area contributed by atoms with Crippen molar-refractivity contribution >= 4 is 11.9 Å². The Hall–Kier alpha value is -1.88. The number of aliphatic carboxylic acids is 1. The van der Waals surface area contributed by atoms with E-state index in [-0.39, 0.29) is 12.5 Å². The first-order valence-corrected chi connectivity index (χ1v) is 6.29. The molecule has 5 heteroatoms. The maximum atomic E-state index is 11.3. The maximum absolute atomic E-state index is 11.3. The van der Waals surface area contributed by atoms with Crippen molar-refractivity contribution in [1.82, 2.24) is 10.2 Å². The summed E-state index contributed by atoms with van der Waals surface area (Å²) in [6, 6.07) is 10.1. The molecular weight excluding hydrogens is 244 g/mol. The molecule has 1 rings (SSSR count). The lowest BCUT2D eigenvalue weighted by atomic mass is 10.2. The van der Waals surface area contributed by atoms with Gasteiger partial charge in [0.2, 0.25) is 5.91 Å². The highest BCUT2D eigenvalue weighted by atomic mass is 16.4. The maximum Gasteiger partial charge on any atom is 0.322 e. The number of carbonyl (C=O) groups is 2. The van der Waals surface area contributed by atoms with Crippen molar-refractivity contribution in [1.29, 1.82) is 0 Å². The Morgan fingerprint density at radius 2 is 1.95 bits per heavy atom. The number of carboxylic acids is 1. The van der Waals surface area contributed by atoms with Gasteiger partial charge in [0, 0.05) is 13.0 Å². The molecule has 0 saturated carbocycles. The van der Waals surface area contributed by atoms with E-state index in [4.69, 9.17) is 5.11 Å². The van der Waals surface area contributed by atoms with Crippen LogP contribution in [0.4, 0.5) is 0 Å². The van der Waals surface area contributed by atoms with Gasteiger partial charge in [-0.15, -0.1) is 0 Å². The molecule has 0 spiro atoms. The minimum Gasteiger partial charge on any atom is -0.480 e. The number of hydrogen-bond acceptors (Lipinski definition) is 3. The van der Waals surface area contributed by atoms with E-state index >= 15 is 0 Å². The third kappa shape index (κ3) is 7.21. The van der Waals surface area contributed by atoms with E-state index in [2.05, 4.69) is 22.3 Å². The van der Waals surface area contributed by atoms with Gasteiger partial charge in [-0.3, -0.25) is 9.59 Å². The lowest BCUT2D eigenvalue weighted by molar-refractivity contribution is -0.137. The molecule has 0 saturated heterocycles. The molecule has 0 aliphatic rings. The highest BCUT2D eigenvalue weighted by Crippen LogP contribution is 2.03. The summed E-state index contributed by atoms with van der Waals surface area (Å²) in [6.07, 6.45) is 1.07. The number of rotatable bonds is 8. The smallest absolute Gasteiger partial charge is 0.322 e. The van der Waals surface area contributed by atoms with Gasteiger partial charge in [0.1, 0.15) is 6.54 Å². The molecule has 0 heterocycles. The van der Waals surface area contributed by atoms with E-state index < -0.39 is 5.97 Å². The summed E-state index contributed by atoms with van der Waals surface area (Å²) in [5.74, 6) is -1.23. The molecule has 1 aromatic rings. The van der Waals surface area contributed by atoms with E-state index in [0.29, 0.717) is 6.42 Å². The topological polar surface area (TPSA) is 69.6 Å². The van der Waals surface area contributed by atoms with Gasteiger partial charge in [0.05, 0.1) is 0 Å². The Balaban J connectivity index is 2.15. The second kappa shape index (κ2) is 8.26. The van der Waals surface area contributed by atoms with E-state index in [1.807, 2.05) is 25.2 Å². The normalized spacial score (nSPS) is 10.4. The van der Waals surface area contributed by atoms with Crippen LogP contribution in [0.3, 0.4) is 0 Å². The molecular formula is C14H20N2O3. The molecule has 2 N–H and O–H groups in total. The highest BCUT2D eigenvalue weighted by Gasteiger charge is 2.05. The summed E-state index contributed by atoms with van der Waals surface area (Å²) < 4.78 is 0. The van der Waals surface area contributed by atoms with Crippen LogP contribution in [-0.4, -0.2) is 42.0 Å². The summed E-state index contributed by atoms with van der Waals surface area (Å²) in [5, 5.41) is 10.8. The van der Waals surface area contributed by atoms with E-state index in [1.54, 1.807) is 0 Å². The fraction of sp³-hybridized carbons (Fsp3) is 0.429. The minimum absolute atomic E-state index is 0.212. The molecule has 1 aromatic carbocycles. The van der Waals surface area contributed by atoms with Crippen molar-refractivity contribution in [3.63, 3.8) is 0 Å². The molecule has 104 valence electrons. The summed E-state index contributed by atoms with van der Waals surface area (Å²) in [5.41, 5.74) is 1.24. The second-order valence-corrected chi connectivity index (χ2v) is 4.50. The monoisotopic (exact) mass is 264 g/mol. The fourth-order valence-electron chi connectivity index (χ4n) is 1.75. The molecule has 0 unspecified atom stereocenters. The van der Waals surface area contributed by atoms with Crippen LogP contribution in [0.5, 0.6) is 0 Å². The van der Waals surface area contributed by atoms with Gasteiger partial charge in [-0.2, -0.15) is 0 Å². The Labute approximate surface area is 113 Å². The number of carboxylic acid groups (broad SMARTS) is 1. The molecule has 0 radical (unpaired) electrons. The molecule has 19 heavy (non-hydrogen) atoms. The van der Waals surface area contributed by atoms with E-state index in [0.717, 1.165) is 19.5 Å². The zero-order valence-corrected chi connectivity index (χ0v) is 11.1. The van der Waals surface area contributed by atoms with Gasteiger partial charge in [0.15, 0.2) is 0 Å². The molecule has 0 aromatic heterocycles. The predicted molar refractivity (Wildman–Crippen MR) is 72.7 cm³/mol. The number of nitrogens with zero attached hydrogens (tertiary/aromatic N) is 1. The fourth-order valence-corrected chi connectivity index (χ4v) is 1.75. The highest BCUT2D eigenvalue weighted by molar-refractivity contribution is 5.80. The standard InChI is InChI=1S/C14H20N2O3/c1-16(11-12-6-3-2-4-7-12)9-5-8-13(17)15-10-14(18)19/h2-4,6-7H,5,8-11H2,1H3,(H,15,17)(H,18,19). The number of amides is 1. The van der Waals surface area contributed by atoms with E-state index in [1.165, 1.54) is 5.56 Å². The van der Waals surface area contributed by atoms with Gasteiger partial charge in [-0.05, 0) is 25.6 Å². The first-order chi connectivity index (χ1) is 9.08. The Bertz CT molecular complexity index is 406. The van der Waals surface area contributed by atoms with Crippen LogP contribution < -0.4 is 5.32 Å². The largest absolute Gasteiger partial charge is 0.480 e. The van der Waals surface area contributed by atoms with Gasteiger partial charge >= 0.3 is 5.97 Å². The average Bonchev–Trinajstić information content (AvgIpc) is 2.37.